The van der Waals surface area contributed by atoms with Crippen molar-refractivity contribution in [3.63, 3.8) is 0 Å². The number of ether oxygens (including phenoxy) is 1. The molecule has 7 heteroatoms. The van der Waals surface area contributed by atoms with Crippen LogP contribution in [0.1, 0.15) is 6.92 Å². The zero-order valence-corrected chi connectivity index (χ0v) is 13.8. The summed E-state index contributed by atoms with van der Waals surface area (Å²) in [5.41, 5.74) is 0.874. The highest BCUT2D eigenvalue weighted by Crippen LogP contribution is 2.31. The highest BCUT2D eigenvalue weighted by molar-refractivity contribution is 7.17. The number of hydrogen-bond donors (Lipinski definition) is 2. The maximum absolute atomic E-state index is 13.1. The van der Waals surface area contributed by atoms with Crippen LogP contribution >= 0.6 is 11.3 Å². The average Bonchev–Trinajstić information content (AvgIpc) is 2.95. The van der Waals surface area contributed by atoms with E-state index in [1.807, 2.05) is 25.2 Å². The van der Waals surface area contributed by atoms with Crippen molar-refractivity contribution in [2.45, 2.75) is 6.92 Å². The number of anilines is 1. The van der Waals surface area contributed by atoms with Crippen LogP contribution in [0, 0.1) is 5.82 Å². The predicted octanol–water partition coefficient (Wildman–Crippen LogP) is 4.83. The number of carbonyl (C=O) groups is 1. The van der Waals surface area contributed by atoms with Crippen LogP contribution in [0.5, 0.6) is 10.8 Å². The Morgan fingerprint density at radius 3 is 2.88 bits per heavy atom. The van der Waals surface area contributed by atoms with Gasteiger partial charge in [-0.2, -0.15) is 0 Å². The molecule has 0 bridgehead atoms. The fourth-order valence-corrected chi connectivity index (χ4v) is 2.29. The minimum atomic E-state index is -0.334. The molecule has 0 unspecified atom stereocenters. The van der Waals surface area contributed by atoms with Gasteiger partial charge in [-0.3, -0.25) is 4.79 Å². The lowest BCUT2D eigenvalue weighted by Crippen LogP contribution is -1.95. The van der Waals surface area contributed by atoms with E-state index in [1.54, 1.807) is 24.4 Å². The molecule has 0 aliphatic heterocycles. The minimum absolute atomic E-state index is 0.250. The number of halogens is 1. The van der Waals surface area contributed by atoms with Crippen LogP contribution in [-0.4, -0.2) is 16.6 Å². The number of aromatic nitrogens is 1. The van der Waals surface area contributed by atoms with Gasteiger partial charge in [0.05, 0.1) is 6.20 Å². The molecule has 0 amide bonds. The third-order valence-electron chi connectivity index (χ3n) is 2.39. The zero-order chi connectivity index (χ0) is 17.8. The van der Waals surface area contributed by atoms with Crippen LogP contribution in [0.25, 0.3) is 0 Å². The number of benzene rings is 1. The van der Waals surface area contributed by atoms with Crippen LogP contribution in [0.3, 0.4) is 0 Å². The predicted molar refractivity (Wildman–Crippen MR) is 94.0 cm³/mol. The lowest BCUT2D eigenvalue weighted by Gasteiger charge is -2.02. The molecule has 24 heavy (non-hydrogen) atoms. The number of allylic oxidation sites excluding steroid dienone is 4. The molecule has 0 saturated heterocycles. The second kappa shape index (κ2) is 10.7. The molecular weight excluding hydrogens is 331 g/mol. The van der Waals surface area contributed by atoms with Crippen LogP contribution in [0.2, 0.25) is 0 Å². The van der Waals surface area contributed by atoms with Gasteiger partial charge in [0.1, 0.15) is 11.6 Å². The summed E-state index contributed by atoms with van der Waals surface area (Å²) in [6.45, 7) is 5.35. The lowest BCUT2D eigenvalue weighted by atomic mass is 10.3. The average molecular weight is 348 g/mol. The number of rotatable bonds is 6. The van der Waals surface area contributed by atoms with E-state index in [-0.39, 0.29) is 12.3 Å². The summed E-state index contributed by atoms with van der Waals surface area (Å²) in [5, 5.41) is 11.3. The van der Waals surface area contributed by atoms with E-state index in [4.69, 9.17) is 14.6 Å². The third-order valence-corrected chi connectivity index (χ3v) is 3.18. The van der Waals surface area contributed by atoms with Gasteiger partial charge in [-0.1, -0.05) is 36.1 Å². The second-order valence-corrected chi connectivity index (χ2v) is 5.13. The Hall–Kier alpha value is -2.93. The second-order valence-electron chi connectivity index (χ2n) is 4.13. The van der Waals surface area contributed by atoms with Crippen molar-refractivity contribution >= 4 is 22.9 Å². The minimum Gasteiger partial charge on any atom is -0.483 e. The fraction of sp³-hybridized carbons (Fsp3) is 0.0588. The first-order valence-electron chi connectivity index (χ1n) is 6.82. The van der Waals surface area contributed by atoms with E-state index in [0.29, 0.717) is 15.9 Å². The molecule has 0 spiro atoms. The van der Waals surface area contributed by atoms with E-state index in [2.05, 4.69) is 16.9 Å². The molecule has 0 aliphatic rings. The summed E-state index contributed by atoms with van der Waals surface area (Å²) in [6.07, 6.45) is 8.96. The van der Waals surface area contributed by atoms with Crippen molar-refractivity contribution < 1.29 is 19.0 Å². The molecule has 2 N–H and O–H groups in total. The van der Waals surface area contributed by atoms with E-state index < -0.39 is 0 Å². The summed E-state index contributed by atoms with van der Waals surface area (Å²) >= 11 is 1.34. The van der Waals surface area contributed by atoms with Crippen molar-refractivity contribution in [3.05, 3.63) is 72.9 Å². The molecule has 126 valence electrons. The van der Waals surface area contributed by atoms with Crippen LogP contribution in [-0.2, 0) is 4.79 Å². The van der Waals surface area contributed by atoms with Crippen molar-refractivity contribution in [2.75, 3.05) is 5.32 Å². The van der Waals surface area contributed by atoms with Crippen molar-refractivity contribution in [1.29, 1.82) is 0 Å². The zero-order valence-electron chi connectivity index (χ0n) is 13.0. The highest BCUT2D eigenvalue weighted by atomic mass is 32.1. The maximum atomic E-state index is 13.1. The quantitative estimate of drug-likeness (QED) is 0.578. The van der Waals surface area contributed by atoms with Gasteiger partial charge in [-0.25, -0.2) is 9.37 Å². The first kappa shape index (κ1) is 19.1. The summed E-state index contributed by atoms with van der Waals surface area (Å²) in [4.78, 5) is 12.6. The normalized spacial score (nSPS) is 10.7. The van der Waals surface area contributed by atoms with Gasteiger partial charge in [-0.05, 0) is 31.2 Å². The Balaban J connectivity index is 0.000000891. The molecule has 0 aliphatic carbocycles. The maximum Gasteiger partial charge on any atom is 0.290 e. The molecule has 1 heterocycles. The van der Waals surface area contributed by atoms with E-state index in [0.717, 1.165) is 5.70 Å². The molecule has 5 nitrogen and oxygen atoms in total. The Morgan fingerprint density at radius 1 is 1.50 bits per heavy atom. The van der Waals surface area contributed by atoms with Gasteiger partial charge in [0.2, 0.25) is 5.06 Å². The Morgan fingerprint density at radius 2 is 2.25 bits per heavy atom. The molecule has 2 aromatic rings. The molecule has 0 radical (unpaired) electrons. The first-order chi connectivity index (χ1) is 11.6. The van der Waals surface area contributed by atoms with Crippen molar-refractivity contribution in [3.8, 4) is 10.8 Å². The van der Waals surface area contributed by atoms with Gasteiger partial charge in [0.25, 0.3) is 6.47 Å². The Bertz CT molecular complexity index is 726. The van der Waals surface area contributed by atoms with Crippen molar-refractivity contribution in [1.82, 2.24) is 4.98 Å². The molecule has 2 rings (SSSR count). The van der Waals surface area contributed by atoms with E-state index in [1.165, 1.54) is 23.5 Å². The number of hydrogen-bond acceptors (Lipinski definition) is 5. The SMILES string of the molecule is C=C/C=C(\C=C/C)Nc1ncc(Oc2cccc(F)c2)s1.O=CO. The van der Waals surface area contributed by atoms with Crippen molar-refractivity contribution in [2.24, 2.45) is 0 Å². The van der Waals surface area contributed by atoms with Gasteiger partial charge in [0.15, 0.2) is 5.13 Å². The molecular formula is C17H17FN2O3S. The lowest BCUT2D eigenvalue weighted by molar-refractivity contribution is -0.122. The van der Waals surface area contributed by atoms with Gasteiger partial charge in [-0.15, -0.1) is 0 Å². The Labute approximate surface area is 143 Å². The molecule has 1 aromatic heterocycles. The summed E-state index contributed by atoms with van der Waals surface area (Å²) in [7, 11) is 0. The van der Waals surface area contributed by atoms with Gasteiger partial charge < -0.3 is 15.2 Å². The molecule has 1 aromatic carbocycles. The fourth-order valence-electron chi connectivity index (χ4n) is 1.58. The summed E-state index contributed by atoms with van der Waals surface area (Å²) < 4.78 is 18.6. The number of nitrogens with zero attached hydrogens (tertiary/aromatic N) is 1. The van der Waals surface area contributed by atoms with Crippen LogP contribution in [0.15, 0.2) is 67.0 Å². The number of thiazole rings is 1. The topological polar surface area (TPSA) is 71.5 Å². The van der Waals surface area contributed by atoms with E-state index >= 15 is 0 Å². The van der Waals surface area contributed by atoms with Gasteiger partial charge >= 0.3 is 0 Å². The molecule has 0 saturated carbocycles. The summed E-state index contributed by atoms with van der Waals surface area (Å²) in [6, 6.07) is 5.99. The smallest absolute Gasteiger partial charge is 0.290 e. The molecule has 0 fully saturated rings. The molecule has 0 atom stereocenters. The van der Waals surface area contributed by atoms with E-state index in [9.17, 15) is 4.39 Å². The van der Waals surface area contributed by atoms with Crippen LogP contribution in [0.4, 0.5) is 9.52 Å². The Kier molecular flexibility index (Phi) is 8.55. The van der Waals surface area contributed by atoms with Crippen LogP contribution < -0.4 is 10.1 Å². The number of nitrogens with one attached hydrogen (secondary N) is 1. The first-order valence-corrected chi connectivity index (χ1v) is 7.64. The number of carboxylic acid groups (broad SMARTS) is 1. The highest BCUT2D eigenvalue weighted by Gasteiger charge is 2.05. The standard InChI is InChI=1S/C16H15FN2OS.CH2O2/c1-3-6-13(7-4-2)19-16-18-11-15(21-16)20-14-9-5-8-12(17)10-14;2-1-3/h3-11H,1H2,2H3,(H,18,19);1H,(H,2,3)/b7-4-,13-6+;. The summed E-state index contributed by atoms with van der Waals surface area (Å²) in [5.74, 6) is 0.111. The third kappa shape index (κ3) is 6.89. The monoisotopic (exact) mass is 348 g/mol. The van der Waals surface area contributed by atoms with Gasteiger partial charge in [0, 0.05) is 11.8 Å². The largest absolute Gasteiger partial charge is 0.483 e.